The van der Waals surface area contributed by atoms with Gasteiger partial charge in [-0.15, -0.1) is 0 Å². The zero-order valence-corrected chi connectivity index (χ0v) is 19.3. The van der Waals surface area contributed by atoms with Gasteiger partial charge in [0, 0.05) is 67.1 Å². The number of carbonyl (C=O) groups is 1. The summed E-state index contributed by atoms with van der Waals surface area (Å²) in [6.45, 7) is 1.41. The van der Waals surface area contributed by atoms with Gasteiger partial charge in [-0.3, -0.25) is 9.89 Å². The molecule has 0 aliphatic carbocycles. The average molecular weight is 468 g/mol. The van der Waals surface area contributed by atoms with E-state index < -0.39 is 0 Å². The summed E-state index contributed by atoms with van der Waals surface area (Å²) in [5.74, 6) is 0.657. The maximum Gasteiger partial charge on any atom is 0.253 e. The van der Waals surface area contributed by atoms with Crippen LogP contribution in [0.1, 0.15) is 23.2 Å². The highest BCUT2D eigenvalue weighted by molar-refractivity contribution is 5.94. The molecule has 35 heavy (non-hydrogen) atoms. The third kappa shape index (κ3) is 4.10. The molecule has 6 rings (SSSR count). The summed E-state index contributed by atoms with van der Waals surface area (Å²) < 4.78 is 7.37. The lowest BCUT2D eigenvalue weighted by Gasteiger charge is -2.31. The molecule has 176 valence electrons. The molecule has 1 amide bonds. The Kier molecular flexibility index (Phi) is 5.38. The molecule has 0 atom stereocenters. The van der Waals surface area contributed by atoms with Gasteiger partial charge in [0.15, 0.2) is 11.5 Å². The van der Waals surface area contributed by atoms with Gasteiger partial charge in [-0.05, 0) is 43.2 Å². The fraction of sp³-hybridized carbons (Fsp3) is 0.231. The van der Waals surface area contributed by atoms with Gasteiger partial charge >= 0.3 is 0 Å². The molecule has 0 spiro atoms. The molecule has 0 radical (unpaired) electrons. The minimum atomic E-state index is 0.0217. The number of aromatic amines is 1. The number of hydrogen-bond donors (Lipinski definition) is 2. The minimum absolute atomic E-state index is 0.0217. The van der Waals surface area contributed by atoms with E-state index in [1.54, 1.807) is 12.4 Å². The van der Waals surface area contributed by atoms with Crippen LogP contribution in [0.3, 0.4) is 0 Å². The van der Waals surface area contributed by atoms with Crippen molar-refractivity contribution in [3.63, 3.8) is 0 Å². The van der Waals surface area contributed by atoms with E-state index in [9.17, 15) is 4.79 Å². The van der Waals surface area contributed by atoms with E-state index in [1.165, 1.54) is 0 Å². The highest BCUT2D eigenvalue weighted by Crippen LogP contribution is 2.27. The molecule has 4 heterocycles. The number of benzene rings is 2. The Labute approximate surface area is 201 Å². The Morgan fingerprint density at radius 3 is 2.83 bits per heavy atom. The van der Waals surface area contributed by atoms with Crippen LogP contribution in [0.4, 0.5) is 11.5 Å². The summed E-state index contributed by atoms with van der Waals surface area (Å²) in [5, 5.41) is 11.5. The normalized spacial score (nSPS) is 14.4. The maximum absolute atomic E-state index is 13.0. The lowest BCUT2D eigenvalue weighted by Crippen LogP contribution is -2.40. The fourth-order valence-corrected chi connectivity index (χ4v) is 4.53. The highest BCUT2D eigenvalue weighted by Gasteiger charge is 2.23. The molecule has 0 bridgehead atoms. The van der Waals surface area contributed by atoms with E-state index in [4.69, 9.17) is 9.72 Å². The number of rotatable bonds is 5. The van der Waals surface area contributed by atoms with Crippen LogP contribution < -0.4 is 5.32 Å². The van der Waals surface area contributed by atoms with E-state index in [2.05, 4.69) is 20.5 Å². The number of carbonyl (C=O) groups excluding carboxylic acids is 1. The molecule has 1 aliphatic heterocycles. The van der Waals surface area contributed by atoms with E-state index in [0.29, 0.717) is 24.6 Å². The van der Waals surface area contributed by atoms with Crippen LogP contribution in [0.25, 0.3) is 27.8 Å². The van der Waals surface area contributed by atoms with Crippen molar-refractivity contribution < 1.29 is 9.53 Å². The Morgan fingerprint density at radius 1 is 1.17 bits per heavy atom. The first-order valence-corrected chi connectivity index (χ1v) is 11.6. The molecule has 2 aromatic carbocycles. The summed E-state index contributed by atoms with van der Waals surface area (Å²) in [4.78, 5) is 24.1. The van der Waals surface area contributed by atoms with Crippen LogP contribution in [0.15, 0.2) is 67.3 Å². The number of nitrogens with one attached hydrogen (secondary N) is 2. The second-order valence-corrected chi connectivity index (χ2v) is 8.77. The lowest BCUT2D eigenvalue weighted by molar-refractivity contribution is 0.0362. The van der Waals surface area contributed by atoms with E-state index in [1.807, 2.05) is 71.2 Å². The first-order chi connectivity index (χ1) is 17.2. The van der Waals surface area contributed by atoms with Crippen LogP contribution in [-0.4, -0.2) is 61.7 Å². The molecule has 1 aliphatic rings. The van der Waals surface area contributed by atoms with Gasteiger partial charge in [0.1, 0.15) is 0 Å². The van der Waals surface area contributed by atoms with Crippen molar-refractivity contribution in [2.45, 2.75) is 18.9 Å². The lowest BCUT2D eigenvalue weighted by atomic mass is 10.1. The number of nitrogens with zero attached hydrogens (tertiary/aromatic N) is 5. The number of ether oxygens (including phenoxy) is 1. The van der Waals surface area contributed by atoms with Crippen LogP contribution in [-0.2, 0) is 4.74 Å². The molecule has 9 nitrogen and oxygen atoms in total. The van der Waals surface area contributed by atoms with Crippen LogP contribution in [0.2, 0.25) is 0 Å². The summed E-state index contributed by atoms with van der Waals surface area (Å²) in [5.41, 5.74) is 4.93. The molecular weight excluding hydrogens is 442 g/mol. The van der Waals surface area contributed by atoms with E-state index in [-0.39, 0.29) is 11.9 Å². The zero-order chi connectivity index (χ0) is 23.8. The summed E-state index contributed by atoms with van der Waals surface area (Å²) >= 11 is 0. The van der Waals surface area contributed by atoms with Crippen molar-refractivity contribution >= 4 is 34.0 Å². The van der Waals surface area contributed by atoms with Gasteiger partial charge in [0.25, 0.3) is 5.91 Å². The Morgan fingerprint density at radius 2 is 2.00 bits per heavy atom. The third-order valence-electron chi connectivity index (χ3n) is 6.57. The molecule has 9 heteroatoms. The molecular formula is C26H25N7O2. The SMILES string of the molecule is CN(C(=O)c1ccc(Nc2nc(-c3ccc4cn[nH]c4c3)cn3ccnc23)cc1)C1CCOCC1. The topological polar surface area (TPSA) is 100 Å². The predicted octanol–water partition coefficient (Wildman–Crippen LogP) is 4.27. The third-order valence-corrected chi connectivity index (χ3v) is 6.57. The fourth-order valence-electron chi connectivity index (χ4n) is 4.53. The van der Waals surface area contributed by atoms with Gasteiger partial charge in [0.2, 0.25) is 0 Å². The monoisotopic (exact) mass is 467 g/mol. The van der Waals surface area contributed by atoms with Crippen molar-refractivity contribution in [2.75, 3.05) is 25.6 Å². The van der Waals surface area contributed by atoms with Crippen LogP contribution >= 0.6 is 0 Å². The highest BCUT2D eigenvalue weighted by atomic mass is 16.5. The van der Waals surface area contributed by atoms with Crippen molar-refractivity contribution in [3.05, 3.63) is 72.8 Å². The second kappa shape index (κ2) is 8.84. The van der Waals surface area contributed by atoms with Crippen molar-refractivity contribution in [1.82, 2.24) is 29.5 Å². The van der Waals surface area contributed by atoms with Crippen LogP contribution in [0, 0.1) is 0 Å². The first-order valence-electron chi connectivity index (χ1n) is 11.6. The van der Waals surface area contributed by atoms with Gasteiger partial charge in [-0.25, -0.2) is 9.97 Å². The Hall–Kier alpha value is -4.24. The summed E-state index contributed by atoms with van der Waals surface area (Å²) in [6, 6.07) is 13.8. The Bertz CT molecular complexity index is 1500. The molecule has 5 aromatic rings. The number of H-pyrrole nitrogens is 1. The largest absolute Gasteiger partial charge is 0.381 e. The van der Waals surface area contributed by atoms with Gasteiger partial charge in [0.05, 0.1) is 17.4 Å². The number of imidazole rings is 1. The first kappa shape index (κ1) is 21.3. The average Bonchev–Trinajstić information content (AvgIpc) is 3.58. The smallest absolute Gasteiger partial charge is 0.253 e. The quantitative estimate of drug-likeness (QED) is 0.400. The molecule has 1 saturated heterocycles. The van der Waals surface area contributed by atoms with Crippen molar-refractivity contribution in [2.24, 2.45) is 0 Å². The number of amides is 1. The molecule has 0 saturated carbocycles. The molecule has 1 fully saturated rings. The second-order valence-electron chi connectivity index (χ2n) is 8.77. The number of anilines is 2. The minimum Gasteiger partial charge on any atom is -0.381 e. The summed E-state index contributed by atoms with van der Waals surface area (Å²) in [7, 11) is 1.87. The standard InChI is InChI=1S/C26H25N7O2/c1-32(21-8-12-35-13-9-21)26(34)17-4-6-20(7-5-17)29-24-25-27-10-11-33(25)16-23(30-24)18-2-3-19-15-28-31-22(19)14-18/h2-7,10-11,14-16,21H,8-9,12-13H2,1H3,(H,28,31)(H,29,30). The van der Waals surface area contributed by atoms with Gasteiger partial charge in [-0.2, -0.15) is 5.10 Å². The van der Waals surface area contributed by atoms with Gasteiger partial charge < -0.3 is 19.4 Å². The van der Waals surface area contributed by atoms with Crippen molar-refractivity contribution in [1.29, 1.82) is 0 Å². The molecule has 2 N–H and O–H groups in total. The van der Waals surface area contributed by atoms with Gasteiger partial charge in [-0.1, -0.05) is 12.1 Å². The van der Waals surface area contributed by atoms with E-state index >= 15 is 0 Å². The number of hydrogen-bond acceptors (Lipinski definition) is 6. The van der Waals surface area contributed by atoms with Crippen LogP contribution in [0.5, 0.6) is 0 Å². The van der Waals surface area contributed by atoms with Crippen molar-refractivity contribution in [3.8, 4) is 11.3 Å². The summed E-state index contributed by atoms with van der Waals surface area (Å²) in [6.07, 6.45) is 9.15. The molecule has 3 aromatic heterocycles. The number of aromatic nitrogens is 5. The predicted molar refractivity (Wildman–Crippen MR) is 134 cm³/mol. The maximum atomic E-state index is 13.0. The van der Waals surface area contributed by atoms with E-state index in [0.717, 1.165) is 46.3 Å². The Balaban J connectivity index is 1.26. The zero-order valence-electron chi connectivity index (χ0n) is 19.3. The number of fused-ring (bicyclic) bond motifs is 2. The molecule has 0 unspecified atom stereocenters.